The lowest BCUT2D eigenvalue weighted by Crippen LogP contribution is -2.48. The smallest absolute Gasteiger partial charge is 0.274 e. The number of halogens is 1. The molecule has 1 aliphatic heterocycles. The number of pyridine rings is 1. The summed E-state index contributed by atoms with van der Waals surface area (Å²) in [6.07, 6.45) is 5.65. The maximum absolute atomic E-state index is 13.7. The minimum absolute atomic E-state index is 0.0187. The predicted molar refractivity (Wildman–Crippen MR) is 134 cm³/mol. The summed E-state index contributed by atoms with van der Waals surface area (Å²) < 4.78 is 26.6. The molecule has 0 radical (unpaired) electrons. The molecular weight excluding hydrogens is 483 g/mol. The molecule has 36 heavy (non-hydrogen) atoms. The molecular formula is C26H27FN4O4S. The first-order chi connectivity index (χ1) is 17.4. The number of fused-ring (bicyclic) bond motifs is 1. The number of carbonyl (C=O) groups excluding carboxylic acids is 1. The summed E-state index contributed by atoms with van der Waals surface area (Å²) >= 11 is 1.29. The molecule has 1 amide bonds. The second-order valence-electron chi connectivity index (χ2n) is 9.23. The third-order valence-corrected chi connectivity index (χ3v) is 7.36. The zero-order valence-corrected chi connectivity index (χ0v) is 21.2. The van der Waals surface area contributed by atoms with E-state index in [0.29, 0.717) is 47.3 Å². The largest absolute Gasteiger partial charge is 0.455 e. The summed E-state index contributed by atoms with van der Waals surface area (Å²) in [6.45, 7) is 4.71. The van der Waals surface area contributed by atoms with Crippen LogP contribution in [0.1, 0.15) is 53.8 Å². The monoisotopic (exact) mass is 510 g/mol. The molecule has 2 aliphatic rings. The van der Waals surface area contributed by atoms with E-state index < -0.39 is 5.43 Å². The average Bonchev–Trinajstić information content (AvgIpc) is 3.28. The van der Waals surface area contributed by atoms with Crippen molar-refractivity contribution < 1.29 is 18.7 Å². The van der Waals surface area contributed by atoms with Gasteiger partial charge >= 0.3 is 0 Å². The van der Waals surface area contributed by atoms with Crippen LogP contribution in [0, 0.1) is 5.82 Å². The fourth-order valence-corrected chi connectivity index (χ4v) is 5.23. The molecule has 0 unspecified atom stereocenters. The van der Waals surface area contributed by atoms with Gasteiger partial charge in [0, 0.05) is 38.7 Å². The Bertz CT molecular complexity index is 1380. The van der Waals surface area contributed by atoms with E-state index >= 15 is 0 Å². The number of amides is 1. The first-order valence-corrected chi connectivity index (χ1v) is 12.7. The maximum atomic E-state index is 13.7. The van der Waals surface area contributed by atoms with Crippen LogP contribution in [-0.2, 0) is 11.2 Å². The third kappa shape index (κ3) is 4.58. The Hall–Kier alpha value is -3.37. The molecule has 8 nitrogen and oxygen atoms in total. The van der Waals surface area contributed by atoms with Crippen LogP contribution in [0.2, 0.25) is 0 Å². The van der Waals surface area contributed by atoms with Crippen LogP contribution in [0.15, 0.2) is 47.1 Å². The normalized spacial score (nSPS) is 17.1. The van der Waals surface area contributed by atoms with Gasteiger partial charge < -0.3 is 18.9 Å². The summed E-state index contributed by atoms with van der Waals surface area (Å²) in [5.41, 5.74) is 1.05. The van der Waals surface area contributed by atoms with Crippen LogP contribution in [0.4, 0.5) is 4.39 Å². The van der Waals surface area contributed by atoms with E-state index in [4.69, 9.17) is 9.47 Å². The SMILES string of the molecule is COC[C@H]1CN(C(C)C)C(=O)c2c(OC3=CCC3)c(=O)c(-c3nnc(Cc4ccc(F)cc4)s3)cn21. The number of nitrogens with zero attached hydrogens (tertiary/aromatic N) is 4. The Kier molecular flexibility index (Phi) is 6.72. The number of rotatable bonds is 8. The van der Waals surface area contributed by atoms with Crippen LogP contribution in [-0.4, -0.2) is 51.9 Å². The molecule has 10 heteroatoms. The van der Waals surface area contributed by atoms with Crippen molar-refractivity contribution in [3.8, 4) is 16.3 Å². The molecule has 0 bridgehead atoms. The topological polar surface area (TPSA) is 86.5 Å². The number of benzene rings is 1. The van der Waals surface area contributed by atoms with Gasteiger partial charge in [-0.1, -0.05) is 23.5 Å². The molecule has 0 spiro atoms. The second-order valence-corrected chi connectivity index (χ2v) is 10.3. The van der Waals surface area contributed by atoms with Gasteiger partial charge in [0.15, 0.2) is 10.7 Å². The summed E-state index contributed by atoms with van der Waals surface area (Å²) in [7, 11) is 1.61. The van der Waals surface area contributed by atoms with E-state index in [1.54, 1.807) is 34.9 Å². The van der Waals surface area contributed by atoms with Crippen molar-refractivity contribution in [2.45, 2.75) is 45.2 Å². The number of allylic oxidation sites excluding steroid dienone is 2. The number of carbonyl (C=O) groups is 1. The van der Waals surface area contributed by atoms with Crippen LogP contribution < -0.4 is 10.2 Å². The fraction of sp³-hybridized carbons (Fsp3) is 0.385. The lowest BCUT2D eigenvalue weighted by Gasteiger charge is -2.38. The van der Waals surface area contributed by atoms with E-state index in [-0.39, 0.29) is 35.3 Å². The molecule has 3 heterocycles. The Balaban J connectivity index is 1.60. The molecule has 5 rings (SSSR count). The molecule has 1 atom stereocenters. The van der Waals surface area contributed by atoms with E-state index in [1.807, 2.05) is 19.9 Å². The second kappa shape index (κ2) is 9.94. The average molecular weight is 511 g/mol. The van der Waals surface area contributed by atoms with Crippen molar-refractivity contribution in [3.05, 3.63) is 74.6 Å². The van der Waals surface area contributed by atoms with Crippen LogP contribution in [0.25, 0.3) is 10.6 Å². The fourth-order valence-electron chi connectivity index (χ4n) is 4.35. The third-order valence-electron chi connectivity index (χ3n) is 6.40. The summed E-state index contributed by atoms with van der Waals surface area (Å²) in [5.74, 6) is 0.151. The van der Waals surface area contributed by atoms with Gasteiger partial charge in [0.05, 0.1) is 18.2 Å². The zero-order chi connectivity index (χ0) is 25.4. The van der Waals surface area contributed by atoms with Crippen molar-refractivity contribution in [1.29, 1.82) is 0 Å². The van der Waals surface area contributed by atoms with Crippen LogP contribution in [0.3, 0.4) is 0 Å². The Morgan fingerprint density at radius 1 is 1.19 bits per heavy atom. The van der Waals surface area contributed by atoms with Gasteiger partial charge in [-0.3, -0.25) is 9.59 Å². The van der Waals surface area contributed by atoms with Gasteiger partial charge in [0.1, 0.15) is 16.6 Å². The summed E-state index contributed by atoms with van der Waals surface area (Å²) in [4.78, 5) is 29.0. The Labute approximate surface area is 212 Å². The number of methoxy groups -OCH3 is 1. The number of ether oxygens (including phenoxy) is 2. The number of hydrogen-bond acceptors (Lipinski definition) is 7. The van der Waals surface area contributed by atoms with E-state index in [0.717, 1.165) is 12.0 Å². The van der Waals surface area contributed by atoms with Gasteiger partial charge in [-0.25, -0.2) is 4.39 Å². The Morgan fingerprint density at radius 2 is 1.94 bits per heavy atom. The van der Waals surface area contributed by atoms with Crippen LogP contribution >= 0.6 is 11.3 Å². The van der Waals surface area contributed by atoms with Crippen molar-refractivity contribution in [2.75, 3.05) is 20.3 Å². The van der Waals surface area contributed by atoms with Crippen molar-refractivity contribution in [2.24, 2.45) is 0 Å². The van der Waals surface area contributed by atoms with Crippen molar-refractivity contribution in [1.82, 2.24) is 19.7 Å². The number of aromatic nitrogens is 3. The molecule has 3 aromatic rings. The van der Waals surface area contributed by atoms with Gasteiger partial charge in [0.2, 0.25) is 11.2 Å². The summed E-state index contributed by atoms with van der Waals surface area (Å²) in [5, 5.41) is 9.68. The summed E-state index contributed by atoms with van der Waals surface area (Å²) in [6, 6.07) is 5.95. The molecule has 188 valence electrons. The highest BCUT2D eigenvalue weighted by Crippen LogP contribution is 2.34. The molecule has 2 aromatic heterocycles. The zero-order valence-electron chi connectivity index (χ0n) is 20.4. The molecule has 0 saturated carbocycles. The van der Waals surface area contributed by atoms with Gasteiger partial charge in [-0.2, -0.15) is 0 Å². The van der Waals surface area contributed by atoms with Gasteiger partial charge in [-0.15, -0.1) is 10.2 Å². The van der Waals surface area contributed by atoms with Crippen LogP contribution in [0.5, 0.6) is 5.75 Å². The van der Waals surface area contributed by atoms with E-state index in [2.05, 4.69) is 10.2 Å². The molecule has 0 saturated heterocycles. The maximum Gasteiger partial charge on any atom is 0.274 e. The first kappa shape index (κ1) is 24.3. The standard InChI is InChI=1S/C26H27FN4O4S/c1-15(2)30-12-18(14-34-3)31-13-20(23(32)24(22(31)26(30)33)35-19-5-4-6-19)25-29-28-21(36-25)11-16-7-9-17(27)10-8-16/h5,7-10,13,15,18H,4,6,11-12,14H2,1-3H3/t18-/m1/s1. The lowest BCUT2D eigenvalue weighted by molar-refractivity contribution is 0.0511. The molecule has 1 aliphatic carbocycles. The number of hydrogen-bond donors (Lipinski definition) is 0. The van der Waals surface area contributed by atoms with Gasteiger partial charge in [0.25, 0.3) is 5.91 Å². The molecule has 0 N–H and O–H groups in total. The minimum Gasteiger partial charge on any atom is -0.455 e. The van der Waals surface area contributed by atoms with E-state index in [9.17, 15) is 14.0 Å². The highest BCUT2D eigenvalue weighted by molar-refractivity contribution is 7.14. The molecule has 1 aromatic carbocycles. The van der Waals surface area contributed by atoms with Crippen molar-refractivity contribution >= 4 is 17.2 Å². The van der Waals surface area contributed by atoms with Crippen molar-refractivity contribution in [3.63, 3.8) is 0 Å². The van der Waals surface area contributed by atoms with Gasteiger partial charge in [-0.05, 0) is 44.0 Å². The minimum atomic E-state index is -0.395. The predicted octanol–water partition coefficient (Wildman–Crippen LogP) is 4.20. The highest BCUT2D eigenvalue weighted by atomic mass is 32.1. The molecule has 0 fully saturated rings. The van der Waals surface area contributed by atoms with E-state index in [1.165, 1.54) is 23.5 Å². The highest BCUT2D eigenvalue weighted by Gasteiger charge is 2.37. The first-order valence-electron chi connectivity index (χ1n) is 11.9. The lowest BCUT2D eigenvalue weighted by atomic mass is 10.1. The quantitative estimate of drug-likeness (QED) is 0.451. The Morgan fingerprint density at radius 3 is 2.58 bits per heavy atom.